The molecular weight excluding hydrogens is 408 g/mol. The zero-order valence-corrected chi connectivity index (χ0v) is 17.6. The lowest BCUT2D eigenvalue weighted by Crippen LogP contribution is -2.16. The normalized spacial score (nSPS) is 11.8. The summed E-state index contributed by atoms with van der Waals surface area (Å²) in [7, 11) is 4.57. The Balaban J connectivity index is 1.97. The largest absolute Gasteiger partial charge is 0.502 e. The van der Waals surface area contributed by atoms with Crippen LogP contribution in [0.1, 0.15) is 29.6 Å². The van der Waals surface area contributed by atoms with Gasteiger partial charge in [0, 0.05) is 29.9 Å². The number of methoxy groups -OCH3 is 2. The second-order valence-electron chi connectivity index (χ2n) is 6.44. The molecule has 8 nitrogen and oxygen atoms in total. The van der Waals surface area contributed by atoms with Crippen molar-refractivity contribution in [3.63, 3.8) is 0 Å². The summed E-state index contributed by atoms with van der Waals surface area (Å²) < 4.78 is 17.6. The number of esters is 1. The van der Waals surface area contributed by atoms with Crippen LogP contribution in [0, 0.1) is 0 Å². The Hall–Kier alpha value is -3.20. The lowest BCUT2D eigenvalue weighted by atomic mass is 9.97. The van der Waals surface area contributed by atoms with Gasteiger partial charge in [-0.1, -0.05) is 12.1 Å². The summed E-state index contributed by atoms with van der Waals surface area (Å²) in [6, 6.07) is 10.4. The van der Waals surface area contributed by atoms with Gasteiger partial charge in [0.25, 0.3) is 0 Å². The monoisotopic (exact) mass is 430 g/mol. The Morgan fingerprint density at radius 1 is 1.30 bits per heavy atom. The van der Waals surface area contributed by atoms with Gasteiger partial charge < -0.3 is 19.0 Å². The van der Waals surface area contributed by atoms with Gasteiger partial charge >= 0.3 is 5.97 Å². The van der Waals surface area contributed by atoms with E-state index in [0.29, 0.717) is 23.0 Å². The zero-order valence-electron chi connectivity index (χ0n) is 16.8. The highest BCUT2D eigenvalue weighted by atomic mass is 32.2. The molecule has 2 aromatic heterocycles. The van der Waals surface area contributed by atoms with E-state index in [-0.39, 0.29) is 12.2 Å². The third kappa shape index (κ3) is 4.68. The Kier molecular flexibility index (Phi) is 6.83. The molecule has 1 N–H and O–H groups in total. The van der Waals surface area contributed by atoms with Gasteiger partial charge in [0.2, 0.25) is 11.2 Å². The maximum absolute atomic E-state index is 12.4. The number of nitrogens with zero attached hydrogens (tertiary/aromatic N) is 2. The fourth-order valence-electron chi connectivity index (χ4n) is 3.06. The van der Waals surface area contributed by atoms with Crippen LogP contribution in [0.3, 0.4) is 0 Å². The molecule has 0 aliphatic rings. The fourth-order valence-corrected chi connectivity index (χ4v) is 3.97. The molecule has 0 spiro atoms. The van der Waals surface area contributed by atoms with Crippen LogP contribution in [0.4, 0.5) is 0 Å². The number of carbonyl (C=O) groups excluding carboxylic acids is 1. The van der Waals surface area contributed by atoms with Crippen LogP contribution < -0.4 is 10.2 Å². The van der Waals surface area contributed by atoms with Crippen molar-refractivity contribution in [1.82, 2.24) is 9.78 Å². The number of rotatable bonds is 8. The quantitative estimate of drug-likeness (QED) is 0.430. The third-order valence-electron chi connectivity index (χ3n) is 4.57. The Morgan fingerprint density at radius 3 is 2.73 bits per heavy atom. The molecule has 9 heteroatoms. The predicted octanol–water partition coefficient (Wildman–Crippen LogP) is 3.07. The van der Waals surface area contributed by atoms with Gasteiger partial charge in [-0.15, -0.1) is 11.8 Å². The van der Waals surface area contributed by atoms with E-state index in [2.05, 4.69) is 5.10 Å². The number of benzene rings is 1. The van der Waals surface area contributed by atoms with Gasteiger partial charge in [-0.05, 0) is 18.2 Å². The van der Waals surface area contributed by atoms with Gasteiger partial charge in [0.05, 0.1) is 32.3 Å². The Bertz CT molecular complexity index is 1090. The number of hydrogen-bond donors (Lipinski definition) is 1. The molecular formula is C21H22N2O6S. The molecule has 0 amide bonds. The van der Waals surface area contributed by atoms with Crippen molar-refractivity contribution in [1.29, 1.82) is 0 Å². The SMILES string of the molecule is COC(=O)C[C@H](c1oc(CSc2ccccc2OC)cc(=O)c1O)c1ccnn1C. The molecule has 1 aromatic carbocycles. The summed E-state index contributed by atoms with van der Waals surface area (Å²) in [5.74, 6) is -0.351. The van der Waals surface area contributed by atoms with Crippen LogP contribution in [0.15, 0.2) is 56.7 Å². The van der Waals surface area contributed by atoms with Crippen LogP contribution in [0.2, 0.25) is 0 Å². The summed E-state index contributed by atoms with van der Waals surface area (Å²) >= 11 is 1.43. The first-order chi connectivity index (χ1) is 14.4. The first-order valence-electron chi connectivity index (χ1n) is 9.11. The van der Waals surface area contributed by atoms with Crippen molar-refractivity contribution in [2.75, 3.05) is 14.2 Å². The van der Waals surface area contributed by atoms with Crippen molar-refractivity contribution >= 4 is 17.7 Å². The van der Waals surface area contributed by atoms with Crippen molar-refractivity contribution < 1.29 is 23.8 Å². The zero-order chi connectivity index (χ0) is 21.7. The number of aromatic hydroxyl groups is 1. The van der Waals surface area contributed by atoms with Crippen molar-refractivity contribution in [3.8, 4) is 11.5 Å². The molecule has 0 saturated carbocycles. The number of ether oxygens (including phenoxy) is 2. The molecule has 3 rings (SSSR count). The van der Waals surface area contributed by atoms with Crippen molar-refractivity contribution in [2.45, 2.75) is 23.0 Å². The molecule has 158 valence electrons. The number of aromatic nitrogens is 2. The fraction of sp³-hybridized carbons (Fsp3) is 0.286. The maximum Gasteiger partial charge on any atom is 0.306 e. The number of aryl methyl sites for hydroxylation is 1. The van der Waals surface area contributed by atoms with Gasteiger partial charge in [0.15, 0.2) is 5.76 Å². The highest BCUT2D eigenvalue weighted by molar-refractivity contribution is 7.98. The Morgan fingerprint density at radius 2 is 2.07 bits per heavy atom. The summed E-state index contributed by atoms with van der Waals surface area (Å²) in [6.07, 6.45) is 1.45. The summed E-state index contributed by atoms with van der Waals surface area (Å²) in [6.45, 7) is 0. The maximum atomic E-state index is 12.4. The lowest BCUT2D eigenvalue weighted by Gasteiger charge is -2.17. The molecule has 0 saturated heterocycles. The minimum absolute atomic E-state index is 0.00660. The van der Waals surface area contributed by atoms with Crippen LogP contribution in [0.25, 0.3) is 0 Å². The van der Waals surface area contributed by atoms with E-state index in [4.69, 9.17) is 13.9 Å². The highest BCUT2D eigenvalue weighted by Gasteiger charge is 2.28. The molecule has 0 unspecified atom stereocenters. The van der Waals surface area contributed by atoms with Gasteiger partial charge in [-0.25, -0.2) is 0 Å². The van der Waals surface area contributed by atoms with Crippen molar-refractivity contribution in [2.24, 2.45) is 7.05 Å². The summed E-state index contributed by atoms with van der Waals surface area (Å²) in [5, 5.41) is 14.5. The number of carbonyl (C=O) groups is 1. The molecule has 3 aromatic rings. The smallest absolute Gasteiger partial charge is 0.306 e. The summed E-state index contributed by atoms with van der Waals surface area (Å²) in [5.41, 5.74) is 0.0253. The number of thioether (sulfide) groups is 1. The molecule has 0 aliphatic heterocycles. The van der Waals surface area contributed by atoms with E-state index in [1.54, 1.807) is 31.1 Å². The lowest BCUT2D eigenvalue weighted by molar-refractivity contribution is -0.141. The molecule has 30 heavy (non-hydrogen) atoms. The van der Waals surface area contributed by atoms with Crippen LogP contribution >= 0.6 is 11.8 Å². The van der Waals surface area contributed by atoms with E-state index in [9.17, 15) is 14.7 Å². The third-order valence-corrected chi connectivity index (χ3v) is 5.65. The van der Waals surface area contributed by atoms with Crippen LogP contribution in [-0.4, -0.2) is 35.1 Å². The molecule has 0 aliphatic carbocycles. The van der Waals surface area contributed by atoms with Crippen LogP contribution in [-0.2, 0) is 22.3 Å². The first kappa shape index (κ1) is 21.5. The van der Waals surface area contributed by atoms with E-state index in [0.717, 1.165) is 4.90 Å². The molecule has 0 fully saturated rings. The number of hydrogen-bond acceptors (Lipinski definition) is 8. The average molecular weight is 430 g/mol. The summed E-state index contributed by atoms with van der Waals surface area (Å²) in [4.78, 5) is 25.3. The average Bonchev–Trinajstić information content (AvgIpc) is 3.18. The number of para-hydroxylation sites is 1. The highest BCUT2D eigenvalue weighted by Crippen LogP contribution is 2.35. The topological polar surface area (TPSA) is 104 Å². The van der Waals surface area contributed by atoms with Crippen LogP contribution in [0.5, 0.6) is 11.5 Å². The molecule has 0 radical (unpaired) electrons. The van der Waals surface area contributed by atoms with E-state index >= 15 is 0 Å². The molecule has 1 atom stereocenters. The van der Waals surface area contributed by atoms with Gasteiger partial charge in [0.1, 0.15) is 11.5 Å². The van der Waals surface area contributed by atoms with Gasteiger partial charge in [-0.2, -0.15) is 5.10 Å². The molecule has 2 heterocycles. The molecule has 0 bridgehead atoms. The van der Waals surface area contributed by atoms with Gasteiger partial charge in [-0.3, -0.25) is 14.3 Å². The minimum Gasteiger partial charge on any atom is -0.502 e. The first-order valence-corrected chi connectivity index (χ1v) is 10.1. The van der Waals surface area contributed by atoms with E-state index in [1.165, 1.54) is 24.9 Å². The second kappa shape index (κ2) is 9.53. The predicted molar refractivity (Wildman–Crippen MR) is 111 cm³/mol. The van der Waals surface area contributed by atoms with E-state index < -0.39 is 23.1 Å². The standard InChI is InChI=1S/C21H22N2O6S/c1-23-15(8-9-22-23)14(11-19(25)28-3)21-20(26)16(24)10-13(29-21)12-30-18-7-5-4-6-17(18)27-2/h4-10,14,26H,11-12H2,1-3H3/t14-/m0/s1. The Labute approximate surface area is 177 Å². The second-order valence-corrected chi connectivity index (χ2v) is 7.46. The minimum atomic E-state index is -0.728. The van der Waals surface area contributed by atoms with Crippen molar-refractivity contribution in [3.05, 3.63) is 70.0 Å². The van der Waals surface area contributed by atoms with E-state index in [1.807, 2.05) is 24.3 Å².